The highest BCUT2D eigenvalue weighted by Gasteiger charge is 2.41. The van der Waals surface area contributed by atoms with Gasteiger partial charge in [-0.15, -0.1) is 0 Å². The highest BCUT2D eigenvalue weighted by Crippen LogP contribution is 2.37. The lowest BCUT2D eigenvalue weighted by Crippen LogP contribution is -2.30. The molecule has 4 nitrogen and oxygen atoms in total. The van der Waals surface area contributed by atoms with E-state index in [2.05, 4.69) is 21.2 Å². The average Bonchev–Trinajstić information content (AvgIpc) is 2.77. The number of carboxylic acid groups (broad SMARTS) is 1. The zero-order valence-electron chi connectivity index (χ0n) is 11.5. The first-order valence-electron chi connectivity index (χ1n) is 6.69. The van der Waals surface area contributed by atoms with Gasteiger partial charge >= 0.3 is 5.97 Å². The molecule has 1 amide bonds. The second-order valence-electron chi connectivity index (χ2n) is 5.53. The van der Waals surface area contributed by atoms with Crippen LogP contribution in [-0.2, 0) is 9.59 Å². The van der Waals surface area contributed by atoms with Crippen LogP contribution in [0.15, 0.2) is 22.7 Å². The second kappa shape index (κ2) is 5.95. The van der Waals surface area contributed by atoms with Crippen molar-refractivity contribution in [1.82, 2.24) is 0 Å². The van der Waals surface area contributed by atoms with Crippen molar-refractivity contribution in [2.45, 2.75) is 26.7 Å². The molecule has 0 saturated heterocycles. The number of hydrogen-bond acceptors (Lipinski definition) is 2. The molecule has 108 valence electrons. The number of rotatable bonds is 3. The highest BCUT2D eigenvalue weighted by molar-refractivity contribution is 9.10. The third-order valence-corrected chi connectivity index (χ3v) is 4.84. The number of carbonyl (C=O) groups is 2. The summed E-state index contributed by atoms with van der Waals surface area (Å²) in [5.74, 6) is -1.81. The van der Waals surface area contributed by atoms with Crippen LogP contribution in [0.3, 0.4) is 0 Å². The average molecular weight is 340 g/mol. The number of hydrogen-bond donors (Lipinski definition) is 2. The first-order valence-corrected chi connectivity index (χ1v) is 7.48. The molecule has 5 heteroatoms. The van der Waals surface area contributed by atoms with Crippen molar-refractivity contribution in [1.29, 1.82) is 0 Å². The third-order valence-electron chi connectivity index (χ3n) is 3.98. The molecule has 1 aromatic rings. The predicted octanol–water partition coefficient (Wildman–Crippen LogP) is 3.44. The van der Waals surface area contributed by atoms with Crippen LogP contribution in [0.2, 0.25) is 0 Å². The van der Waals surface area contributed by atoms with E-state index in [9.17, 15) is 14.7 Å². The van der Waals surface area contributed by atoms with Crippen LogP contribution < -0.4 is 5.32 Å². The van der Waals surface area contributed by atoms with E-state index in [1.165, 1.54) is 0 Å². The molecule has 0 bridgehead atoms. The number of nitrogens with one attached hydrogen (secondary N) is 1. The van der Waals surface area contributed by atoms with E-state index >= 15 is 0 Å². The minimum atomic E-state index is -0.875. The Labute approximate surface area is 126 Å². The fraction of sp³-hybridized carbons (Fsp3) is 0.467. The predicted molar refractivity (Wildman–Crippen MR) is 80.5 cm³/mol. The molecule has 0 aromatic heterocycles. The minimum Gasteiger partial charge on any atom is -0.481 e. The summed E-state index contributed by atoms with van der Waals surface area (Å²) in [5.41, 5.74) is 1.67. The number of halogens is 1. The molecule has 0 spiro atoms. The number of benzene rings is 1. The Balaban J connectivity index is 2.15. The zero-order valence-corrected chi connectivity index (χ0v) is 13.1. The lowest BCUT2D eigenvalue weighted by molar-refractivity contribution is -0.145. The molecule has 0 radical (unpaired) electrons. The Morgan fingerprint density at radius 2 is 1.95 bits per heavy atom. The van der Waals surface area contributed by atoms with E-state index in [4.69, 9.17) is 0 Å². The van der Waals surface area contributed by atoms with Crippen molar-refractivity contribution >= 4 is 33.5 Å². The molecular formula is C15H18BrNO3. The van der Waals surface area contributed by atoms with Crippen molar-refractivity contribution in [3.63, 3.8) is 0 Å². The van der Waals surface area contributed by atoms with Crippen molar-refractivity contribution in [2.75, 3.05) is 5.32 Å². The van der Waals surface area contributed by atoms with Crippen molar-refractivity contribution in [3.05, 3.63) is 28.2 Å². The lowest BCUT2D eigenvalue weighted by Gasteiger charge is -2.17. The summed E-state index contributed by atoms with van der Waals surface area (Å²) in [7, 11) is 0. The Hall–Kier alpha value is -1.36. The summed E-state index contributed by atoms with van der Waals surface area (Å²) in [6.07, 6.45) is 1.21. The first-order chi connectivity index (χ1) is 9.40. The lowest BCUT2D eigenvalue weighted by atomic mass is 9.95. The zero-order chi connectivity index (χ0) is 14.9. The number of anilines is 1. The van der Waals surface area contributed by atoms with Gasteiger partial charge in [0, 0.05) is 10.2 Å². The molecule has 20 heavy (non-hydrogen) atoms. The molecule has 2 rings (SSSR count). The van der Waals surface area contributed by atoms with Crippen LogP contribution in [0.25, 0.3) is 0 Å². The van der Waals surface area contributed by atoms with Gasteiger partial charge in [0.15, 0.2) is 0 Å². The van der Waals surface area contributed by atoms with Gasteiger partial charge in [-0.05, 0) is 43.4 Å². The van der Waals surface area contributed by atoms with Crippen LogP contribution in [0.1, 0.15) is 25.3 Å². The van der Waals surface area contributed by atoms with E-state index in [1.807, 2.05) is 32.0 Å². The topological polar surface area (TPSA) is 66.4 Å². The van der Waals surface area contributed by atoms with Crippen molar-refractivity contribution < 1.29 is 14.7 Å². The SMILES string of the molecule is Cc1c(Br)cccc1NC(=O)[C@H]1CC(C)C[C@H]1C(=O)O. The van der Waals surface area contributed by atoms with E-state index in [0.717, 1.165) is 15.7 Å². The molecule has 1 aliphatic rings. The molecule has 1 unspecified atom stereocenters. The third kappa shape index (κ3) is 3.03. The number of carbonyl (C=O) groups excluding carboxylic acids is 1. The van der Waals surface area contributed by atoms with Gasteiger partial charge in [0.25, 0.3) is 0 Å². The van der Waals surface area contributed by atoms with Gasteiger partial charge < -0.3 is 10.4 Å². The van der Waals surface area contributed by atoms with Gasteiger partial charge in [-0.1, -0.05) is 28.9 Å². The number of amides is 1. The van der Waals surface area contributed by atoms with E-state index in [1.54, 1.807) is 0 Å². The molecule has 1 aliphatic carbocycles. The smallest absolute Gasteiger partial charge is 0.307 e. The standard InChI is InChI=1S/C15H18BrNO3/c1-8-6-10(11(7-8)15(19)20)14(18)17-13-5-3-4-12(16)9(13)2/h3-5,8,10-11H,6-7H2,1-2H3,(H,17,18)(H,19,20)/t8?,10-,11+/m0/s1. The summed E-state index contributed by atoms with van der Waals surface area (Å²) >= 11 is 3.42. The molecule has 2 N–H and O–H groups in total. The van der Waals surface area contributed by atoms with Crippen LogP contribution in [0.4, 0.5) is 5.69 Å². The fourth-order valence-corrected chi connectivity index (χ4v) is 3.19. The molecule has 3 atom stereocenters. The summed E-state index contributed by atoms with van der Waals surface area (Å²) in [5, 5.41) is 12.1. The first kappa shape index (κ1) is 15.0. The highest BCUT2D eigenvalue weighted by atomic mass is 79.9. The van der Waals surface area contributed by atoms with Gasteiger partial charge in [0.1, 0.15) is 0 Å². The summed E-state index contributed by atoms with van der Waals surface area (Å²) in [6, 6.07) is 5.58. The Kier molecular flexibility index (Phi) is 4.48. The van der Waals surface area contributed by atoms with Crippen LogP contribution in [0, 0.1) is 24.7 Å². The Bertz CT molecular complexity index is 544. The summed E-state index contributed by atoms with van der Waals surface area (Å²) in [6.45, 7) is 3.90. The summed E-state index contributed by atoms with van der Waals surface area (Å²) in [4.78, 5) is 23.6. The normalized spacial score (nSPS) is 25.4. The van der Waals surface area contributed by atoms with E-state index in [0.29, 0.717) is 12.8 Å². The van der Waals surface area contributed by atoms with E-state index in [-0.39, 0.29) is 11.8 Å². The molecular weight excluding hydrogens is 322 g/mol. The maximum absolute atomic E-state index is 12.3. The van der Waals surface area contributed by atoms with Gasteiger partial charge in [0.2, 0.25) is 5.91 Å². The number of carboxylic acids is 1. The Morgan fingerprint density at radius 1 is 1.30 bits per heavy atom. The number of aliphatic carboxylic acids is 1. The largest absolute Gasteiger partial charge is 0.481 e. The quantitative estimate of drug-likeness (QED) is 0.886. The van der Waals surface area contributed by atoms with Crippen molar-refractivity contribution in [2.24, 2.45) is 17.8 Å². The molecule has 1 saturated carbocycles. The van der Waals surface area contributed by atoms with Crippen LogP contribution in [-0.4, -0.2) is 17.0 Å². The molecule has 1 aromatic carbocycles. The Morgan fingerprint density at radius 3 is 2.60 bits per heavy atom. The second-order valence-corrected chi connectivity index (χ2v) is 6.38. The van der Waals surface area contributed by atoms with Crippen molar-refractivity contribution in [3.8, 4) is 0 Å². The maximum Gasteiger partial charge on any atom is 0.307 e. The molecule has 0 aliphatic heterocycles. The van der Waals surface area contributed by atoms with Gasteiger partial charge in [-0.25, -0.2) is 0 Å². The monoisotopic (exact) mass is 339 g/mol. The van der Waals surface area contributed by atoms with Gasteiger partial charge in [-0.2, -0.15) is 0 Å². The minimum absolute atomic E-state index is 0.192. The maximum atomic E-state index is 12.3. The van der Waals surface area contributed by atoms with Crippen LogP contribution >= 0.6 is 15.9 Å². The van der Waals surface area contributed by atoms with Gasteiger partial charge in [0.05, 0.1) is 11.8 Å². The molecule has 1 fully saturated rings. The molecule has 0 heterocycles. The van der Waals surface area contributed by atoms with Crippen LogP contribution in [0.5, 0.6) is 0 Å². The van der Waals surface area contributed by atoms with E-state index < -0.39 is 17.8 Å². The summed E-state index contributed by atoms with van der Waals surface area (Å²) < 4.78 is 0.921. The van der Waals surface area contributed by atoms with Gasteiger partial charge in [-0.3, -0.25) is 9.59 Å². The fourth-order valence-electron chi connectivity index (χ4n) is 2.82.